The molecule has 44 heavy (non-hydrogen) atoms. The number of nitrogens with zero attached hydrogens (tertiary/aromatic N) is 7. The Balaban J connectivity index is 1.20. The lowest BCUT2D eigenvalue weighted by Gasteiger charge is -2.32. The molecule has 2 atom stereocenters. The number of aliphatic hydroxyl groups excluding tert-OH is 1. The van der Waals surface area contributed by atoms with E-state index in [2.05, 4.69) is 66.6 Å². The molecule has 0 saturated carbocycles. The number of aromatic nitrogens is 7. The molecule has 1 aliphatic carbocycles. The van der Waals surface area contributed by atoms with Crippen LogP contribution in [0.3, 0.4) is 0 Å². The first kappa shape index (κ1) is 29.4. The quantitative estimate of drug-likeness (QED) is 0.221. The summed E-state index contributed by atoms with van der Waals surface area (Å²) in [5, 5.41) is 33.2. The molecule has 0 spiro atoms. The minimum absolute atomic E-state index is 0.0217. The number of benzene rings is 1. The van der Waals surface area contributed by atoms with E-state index in [9.17, 15) is 9.90 Å². The summed E-state index contributed by atoms with van der Waals surface area (Å²) in [6.07, 6.45) is 6.70. The Morgan fingerprint density at radius 1 is 1.09 bits per heavy atom. The highest BCUT2D eigenvalue weighted by Crippen LogP contribution is 2.39. The summed E-state index contributed by atoms with van der Waals surface area (Å²) in [6.45, 7) is 10.8. The van der Waals surface area contributed by atoms with Gasteiger partial charge < -0.3 is 15.2 Å². The van der Waals surface area contributed by atoms with Gasteiger partial charge in [-0.2, -0.15) is 10.2 Å². The summed E-state index contributed by atoms with van der Waals surface area (Å²) in [7, 11) is 0. The lowest BCUT2D eigenvalue weighted by molar-refractivity contribution is 0.171. The van der Waals surface area contributed by atoms with Gasteiger partial charge in [0.1, 0.15) is 29.2 Å². The van der Waals surface area contributed by atoms with E-state index in [4.69, 9.17) is 9.84 Å². The van der Waals surface area contributed by atoms with Crippen molar-refractivity contribution in [3.05, 3.63) is 83.7 Å². The van der Waals surface area contributed by atoms with Crippen molar-refractivity contribution in [2.45, 2.75) is 77.5 Å². The topological polar surface area (TPSA) is 136 Å². The summed E-state index contributed by atoms with van der Waals surface area (Å²) in [5.74, 6) is 2.40. The largest absolute Gasteiger partial charge is 0.484 e. The molecule has 0 saturated heterocycles. The molecule has 12 heteroatoms. The number of fused-ring (bicyclic) bond motifs is 2. The minimum atomic E-state index is -0.326. The van der Waals surface area contributed by atoms with Gasteiger partial charge in [-0.15, -0.1) is 10.2 Å². The first-order valence-electron chi connectivity index (χ1n) is 15.0. The lowest BCUT2D eigenvalue weighted by Crippen LogP contribution is -2.36. The first-order valence-corrected chi connectivity index (χ1v) is 15.0. The summed E-state index contributed by atoms with van der Waals surface area (Å²) >= 11 is 0. The Kier molecular flexibility index (Phi) is 7.85. The monoisotopic (exact) mass is 597 g/mol. The molecular formula is C32H39N9O3. The van der Waals surface area contributed by atoms with E-state index in [0.29, 0.717) is 24.5 Å². The second kappa shape index (κ2) is 11.8. The predicted octanol–water partition coefficient (Wildman–Crippen LogP) is 5.30. The molecule has 0 fully saturated rings. The number of carbonyl (C=O) groups is 1. The number of rotatable bonds is 8. The summed E-state index contributed by atoms with van der Waals surface area (Å²) in [6, 6.07) is 13.3. The fraction of sp³-hybridized carbons (Fsp3) is 0.406. The van der Waals surface area contributed by atoms with Gasteiger partial charge in [0.05, 0.1) is 43.5 Å². The van der Waals surface area contributed by atoms with Gasteiger partial charge in [-0.05, 0) is 36.1 Å². The van der Waals surface area contributed by atoms with Crippen molar-refractivity contribution < 1.29 is 14.6 Å². The van der Waals surface area contributed by atoms with Crippen LogP contribution in [0.15, 0.2) is 61.1 Å². The molecule has 12 nitrogen and oxygen atoms in total. The number of nitrogens with one attached hydrogen (secondary N) is 2. The molecule has 0 radical (unpaired) electrons. The zero-order chi connectivity index (χ0) is 31.0. The van der Waals surface area contributed by atoms with Crippen LogP contribution >= 0.6 is 0 Å². The Labute approximate surface area is 256 Å². The van der Waals surface area contributed by atoms with E-state index in [1.54, 1.807) is 21.8 Å². The molecular weight excluding hydrogens is 558 g/mol. The number of pyridine rings is 1. The van der Waals surface area contributed by atoms with Crippen molar-refractivity contribution in [2.75, 3.05) is 11.9 Å². The van der Waals surface area contributed by atoms with Gasteiger partial charge in [0.15, 0.2) is 5.65 Å². The maximum absolute atomic E-state index is 13.4. The second-order valence-corrected chi connectivity index (χ2v) is 12.5. The van der Waals surface area contributed by atoms with E-state index in [0.717, 1.165) is 40.5 Å². The van der Waals surface area contributed by atoms with Crippen LogP contribution in [0, 0.1) is 0 Å². The molecule has 4 aromatic heterocycles. The minimum Gasteiger partial charge on any atom is -0.484 e. The van der Waals surface area contributed by atoms with E-state index in [1.165, 1.54) is 0 Å². The maximum atomic E-state index is 13.4. The highest BCUT2D eigenvalue weighted by Gasteiger charge is 2.30. The van der Waals surface area contributed by atoms with Gasteiger partial charge in [-0.3, -0.25) is 14.4 Å². The van der Waals surface area contributed by atoms with Gasteiger partial charge in [-0.1, -0.05) is 58.9 Å². The molecule has 230 valence electrons. The number of aliphatic hydroxyl groups is 1. The number of hydrogen-bond acceptors (Lipinski definition) is 7. The van der Waals surface area contributed by atoms with Crippen molar-refractivity contribution in [3.63, 3.8) is 0 Å². The van der Waals surface area contributed by atoms with Crippen LogP contribution in [-0.4, -0.2) is 51.9 Å². The summed E-state index contributed by atoms with van der Waals surface area (Å²) < 4.78 is 11.8. The van der Waals surface area contributed by atoms with Gasteiger partial charge in [0, 0.05) is 17.4 Å². The Morgan fingerprint density at radius 2 is 1.89 bits per heavy atom. The van der Waals surface area contributed by atoms with Crippen molar-refractivity contribution in [2.24, 2.45) is 0 Å². The number of urea groups is 1. The first-order chi connectivity index (χ1) is 21.1. The van der Waals surface area contributed by atoms with Crippen molar-refractivity contribution in [3.8, 4) is 11.4 Å². The third-order valence-corrected chi connectivity index (χ3v) is 7.85. The third kappa shape index (κ3) is 5.89. The molecule has 6 rings (SSSR count). The fourth-order valence-electron chi connectivity index (χ4n) is 5.57. The van der Waals surface area contributed by atoms with Gasteiger partial charge in [0.25, 0.3) is 0 Å². The standard InChI is InChI=1S/C32H39N9O3/c1-20(2)30-37-36-28-13-10-22(19-40(28)30)44-26-12-11-25(23-8-6-7-9-24(23)26)34-31(43)35-29-16-27(32(3,4)5)38-41(29)21-17-33-39(18-21)14-15-42/h6-10,13,16-20,25-26,42H,11-12,14-15H2,1-5H3,(H2,34,35,43)/t25-,26?/m0/s1. The zero-order valence-corrected chi connectivity index (χ0v) is 25.7. The number of anilines is 1. The SMILES string of the molecule is CC(C)c1nnc2ccc(OC3CC[C@H](NC(=O)Nc4cc(C(C)(C)C)nn4-c4cnn(CCO)c4)c4ccccc43)cn12. The number of carbonyl (C=O) groups excluding carboxylic acids is 1. The van der Waals surface area contributed by atoms with Crippen LogP contribution in [0.25, 0.3) is 11.3 Å². The predicted molar refractivity (Wildman–Crippen MR) is 166 cm³/mol. The van der Waals surface area contributed by atoms with Gasteiger partial charge in [-0.25, -0.2) is 9.48 Å². The molecule has 0 bridgehead atoms. The Bertz CT molecular complexity index is 1780. The second-order valence-electron chi connectivity index (χ2n) is 12.5. The number of hydrogen-bond donors (Lipinski definition) is 3. The van der Waals surface area contributed by atoms with Crippen molar-refractivity contribution in [1.29, 1.82) is 0 Å². The average molecular weight is 598 g/mol. The Hall–Kier alpha value is -4.71. The molecule has 1 unspecified atom stereocenters. The van der Waals surface area contributed by atoms with E-state index >= 15 is 0 Å². The van der Waals surface area contributed by atoms with Crippen LogP contribution in [-0.2, 0) is 12.0 Å². The summed E-state index contributed by atoms with van der Waals surface area (Å²) in [5.41, 5.74) is 4.16. The third-order valence-electron chi connectivity index (χ3n) is 7.85. The molecule has 1 aliphatic rings. The van der Waals surface area contributed by atoms with Crippen molar-refractivity contribution >= 4 is 17.5 Å². The average Bonchev–Trinajstić information content (AvgIpc) is 3.73. The molecule has 3 N–H and O–H groups in total. The molecule has 4 heterocycles. The highest BCUT2D eigenvalue weighted by molar-refractivity contribution is 5.89. The number of ether oxygens (including phenoxy) is 1. The van der Waals surface area contributed by atoms with Crippen molar-refractivity contribution in [1.82, 2.24) is 39.5 Å². The zero-order valence-electron chi connectivity index (χ0n) is 25.7. The molecule has 5 aromatic rings. The van der Waals surface area contributed by atoms with E-state index < -0.39 is 0 Å². The van der Waals surface area contributed by atoms with Crippen LogP contribution in [0.2, 0.25) is 0 Å². The normalized spacial score (nSPS) is 16.7. The lowest BCUT2D eigenvalue weighted by atomic mass is 9.85. The van der Waals surface area contributed by atoms with Crippen LogP contribution in [0.5, 0.6) is 5.75 Å². The Morgan fingerprint density at radius 3 is 2.64 bits per heavy atom. The maximum Gasteiger partial charge on any atom is 0.320 e. The van der Waals surface area contributed by atoms with E-state index in [-0.39, 0.29) is 36.1 Å². The smallest absolute Gasteiger partial charge is 0.320 e. The fourth-order valence-corrected chi connectivity index (χ4v) is 5.57. The highest BCUT2D eigenvalue weighted by atomic mass is 16.5. The molecule has 2 amide bonds. The van der Waals surface area contributed by atoms with Crippen LogP contribution in [0.1, 0.15) is 88.2 Å². The van der Waals surface area contributed by atoms with E-state index in [1.807, 2.05) is 47.0 Å². The van der Waals surface area contributed by atoms with Gasteiger partial charge in [0.2, 0.25) is 0 Å². The molecule has 0 aliphatic heterocycles. The summed E-state index contributed by atoms with van der Waals surface area (Å²) in [4.78, 5) is 13.4. The van der Waals surface area contributed by atoms with Crippen LogP contribution < -0.4 is 15.4 Å². The molecule has 1 aromatic carbocycles. The van der Waals surface area contributed by atoms with Gasteiger partial charge >= 0.3 is 6.03 Å². The van der Waals surface area contributed by atoms with Crippen LogP contribution in [0.4, 0.5) is 10.6 Å². The number of amides is 2.